The fourth-order valence-corrected chi connectivity index (χ4v) is 1.31. The molecule has 0 saturated heterocycles. The van der Waals surface area contributed by atoms with Crippen LogP contribution in [0.15, 0.2) is 30.3 Å². The third-order valence-corrected chi connectivity index (χ3v) is 2.25. The lowest BCUT2D eigenvalue weighted by molar-refractivity contribution is -0.151. The minimum Gasteiger partial charge on any atom is -0.480 e. The van der Waals surface area contributed by atoms with Gasteiger partial charge >= 0.3 is 5.97 Å². The molecule has 18 heavy (non-hydrogen) atoms. The van der Waals surface area contributed by atoms with E-state index >= 15 is 0 Å². The molecule has 1 rings (SSSR count). The van der Waals surface area contributed by atoms with Gasteiger partial charge in [0.05, 0.1) is 6.61 Å². The first-order valence-electron chi connectivity index (χ1n) is 5.42. The largest absolute Gasteiger partial charge is 0.480 e. The van der Waals surface area contributed by atoms with Gasteiger partial charge in [-0.25, -0.2) is 4.79 Å². The summed E-state index contributed by atoms with van der Waals surface area (Å²) in [5.41, 5.74) is 0.0859. The van der Waals surface area contributed by atoms with Crippen LogP contribution >= 0.6 is 0 Å². The van der Waals surface area contributed by atoms with Gasteiger partial charge in [0.25, 0.3) is 5.91 Å². The Kier molecular flexibility index (Phi) is 5.26. The van der Waals surface area contributed by atoms with Crippen molar-refractivity contribution in [3.05, 3.63) is 35.9 Å². The Morgan fingerprint density at radius 3 is 2.50 bits per heavy atom. The number of ether oxygens (including phenoxy) is 1. The Labute approximate surface area is 104 Å². The highest BCUT2D eigenvalue weighted by Crippen LogP contribution is 2.10. The average molecular weight is 255 g/mol. The smallest absolute Gasteiger partial charge is 0.331 e. The molecule has 0 fully saturated rings. The number of benzene rings is 1. The Bertz CT molecular complexity index is 410. The molecule has 0 aliphatic rings. The second-order valence-corrected chi connectivity index (χ2v) is 3.50. The van der Waals surface area contributed by atoms with Crippen molar-refractivity contribution < 1.29 is 23.9 Å². The molecule has 1 aromatic carbocycles. The lowest BCUT2D eigenvalue weighted by Crippen LogP contribution is -2.43. The fraction of sp³-hybridized carbons (Fsp3) is 0.333. The molecule has 1 N–H and O–H groups in total. The molecule has 0 spiro atoms. The van der Waals surface area contributed by atoms with Gasteiger partial charge in [-0.15, -0.1) is 0 Å². The van der Waals surface area contributed by atoms with Gasteiger partial charge in [0, 0.05) is 12.2 Å². The topological polar surface area (TPSA) is 66.8 Å². The van der Waals surface area contributed by atoms with E-state index in [1.807, 2.05) is 0 Å². The number of hydrogen-bond acceptors (Lipinski definition) is 3. The fourth-order valence-electron chi connectivity index (χ4n) is 1.31. The molecule has 0 radical (unpaired) electrons. The molecular formula is C12H14FNO4. The lowest BCUT2D eigenvalue weighted by atomic mass is 10.2. The Balaban J connectivity index is 2.80. The van der Waals surface area contributed by atoms with Gasteiger partial charge in [0.15, 0.2) is 6.04 Å². The Morgan fingerprint density at radius 2 is 2.00 bits per heavy atom. The summed E-state index contributed by atoms with van der Waals surface area (Å²) in [5, 5.41) is 8.54. The van der Waals surface area contributed by atoms with Gasteiger partial charge in [-0.05, 0) is 19.1 Å². The minimum atomic E-state index is -1.64. The van der Waals surface area contributed by atoms with E-state index in [2.05, 4.69) is 0 Å². The molecular weight excluding hydrogens is 241 g/mol. The van der Waals surface area contributed by atoms with Crippen molar-refractivity contribution in [2.45, 2.75) is 13.0 Å². The summed E-state index contributed by atoms with van der Waals surface area (Å²) in [6, 6.07) is 5.99. The second-order valence-electron chi connectivity index (χ2n) is 3.50. The maximum atomic E-state index is 13.7. The number of carbonyl (C=O) groups is 2. The van der Waals surface area contributed by atoms with Gasteiger partial charge in [-0.1, -0.05) is 22.7 Å². The first-order chi connectivity index (χ1) is 8.57. The van der Waals surface area contributed by atoms with Gasteiger partial charge in [-0.2, -0.15) is 5.12 Å². The van der Waals surface area contributed by atoms with E-state index in [0.717, 1.165) is 0 Å². The molecule has 0 aromatic heterocycles. The maximum absolute atomic E-state index is 13.7. The highest BCUT2D eigenvalue weighted by atomic mass is 19.2. The van der Waals surface area contributed by atoms with Crippen molar-refractivity contribution >= 4 is 11.9 Å². The summed E-state index contributed by atoms with van der Waals surface area (Å²) in [6.07, 6.45) is 0. The highest BCUT2D eigenvalue weighted by Gasteiger charge is 2.31. The third kappa shape index (κ3) is 3.53. The number of amides is 1. The number of rotatable bonds is 6. The number of carboxylic acid groups (broad SMARTS) is 1. The molecule has 1 amide bonds. The van der Waals surface area contributed by atoms with Crippen LogP contribution in [0, 0.1) is 0 Å². The van der Waals surface area contributed by atoms with Crippen LogP contribution in [0.4, 0.5) is 4.48 Å². The van der Waals surface area contributed by atoms with E-state index in [9.17, 15) is 14.1 Å². The van der Waals surface area contributed by atoms with Crippen LogP contribution in [0.5, 0.6) is 0 Å². The second kappa shape index (κ2) is 6.70. The molecule has 1 atom stereocenters. The summed E-state index contributed by atoms with van der Waals surface area (Å²) in [6.45, 7) is 1.51. The zero-order chi connectivity index (χ0) is 13.5. The summed E-state index contributed by atoms with van der Waals surface area (Å²) in [4.78, 5) is 22.6. The van der Waals surface area contributed by atoms with Crippen molar-refractivity contribution in [1.29, 1.82) is 0 Å². The first kappa shape index (κ1) is 14.1. The molecule has 6 heteroatoms. The summed E-state index contributed by atoms with van der Waals surface area (Å²) < 4.78 is 18.6. The quantitative estimate of drug-likeness (QED) is 0.782. The van der Waals surface area contributed by atoms with Crippen LogP contribution in [-0.4, -0.2) is 41.4 Å². The molecule has 98 valence electrons. The third-order valence-electron chi connectivity index (χ3n) is 2.25. The van der Waals surface area contributed by atoms with Crippen LogP contribution < -0.4 is 0 Å². The number of hydrogen-bond donors (Lipinski definition) is 1. The van der Waals surface area contributed by atoms with Crippen LogP contribution in [0.3, 0.4) is 0 Å². The molecule has 0 heterocycles. The average Bonchev–Trinajstić information content (AvgIpc) is 2.38. The lowest BCUT2D eigenvalue weighted by Gasteiger charge is -2.19. The molecule has 0 aliphatic heterocycles. The summed E-state index contributed by atoms with van der Waals surface area (Å²) >= 11 is 0. The summed E-state index contributed by atoms with van der Waals surface area (Å²) in [7, 11) is 0. The Hall–Kier alpha value is -1.95. The number of halogens is 1. The van der Waals surface area contributed by atoms with E-state index in [1.165, 1.54) is 12.1 Å². The zero-order valence-corrected chi connectivity index (χ0v) is 9.88. The molecule has 1 unspecified atom stereocenters. The maximum Gasteiger partial charge on any atom is 0.331 e. The van der Waals surface area contributed by atoms with Crippen LogP contribution in [0.2, 0.25) is 0 Å². The monoisotopic (exact) mass is 255 g/mol. The van der Waals surface area contributed by atoms with Gasteiger partial charge in [0.2, 0.25) is 0 Å². The predicted molar refractivity (Wildman–Crippen MR) is 61.6 cm³/mol. The summed E-state index contributed by atoms with van der Waals surface area (Å²) in [5.74, 6) is -2.45. The van der Waals surface area contributed by atoms with Crippen molar-refractivity contribution in [2.24, 2.45) is 0 Å². The highest BCUT2D eigenvalue weighted by molar-refractivity contribution is 5.95. The molecule has 1 aromatic rings. The number of aliphatic carboxylic acids is 1. The Morgan fingerprint density at radius 1 is 1.39 bits per heavy atom. The van der Waals surface area contributed by atoms with Gasteiger partial charge < -0.3 is 9.84 Å². The zero-order valence-electron chi connectivity index (χ0n) is 9.88. The van der Waals surface area contributed by atoms with Crippen LogP contribution in [0.25, 0.3) is 0 Å². The van der Waals surface area contributed by atoms with Gasteiger partial charge in [-0.3, -0.25) is 4.79 Å². The van der Waals surface area contributed by atoms with E-state index in [0.29, 0.717) is 0 Å². The van der Waals surface area contributed by atoms with E-state index in [4.69, 9.17) is 9.84 Å². The van der Waals surface area contributed by atoms with Crippen LogP contribution in [0.1, 0.15) is 17.3 Å². The van der Waals surface area contributed by atoms with E-state index < -0.39 is 17.9 Å². The van der Waals surface area contributed by atoms with Crippen LogP contribution in [-0.2, 0) is 9.53 Å². The number of carboxylic acids is 1. The first-order valence-corrected chi connectivity index (χ1v) is 5.42. The van der Waals surface area contributed by atoms with Crippen molar-refractivity contribution in [3.8, 4) is 0 Å². The molecule has 0 saturated carbocycles. The number of carbonyl (C=O) groups excluding carboxylic acids is 1. The van der Waals surface area contributed by atoms with E-state index in [-0.39, 0.29) is 23.9 Å². The normalized spacial score (nSPS) is 11.9. The van der Waals surface area contributed by atoms with Crippen molar-refractivity contribution in [3.63, 3.8) is 0 Å². The molecule has 0 aliphatic carbocycles. The van der Waals surface area contributed by atoms with E-state index in [1.54, 1.807) is 25.1 Å². The van der Waals surface area contributed by atoms with Crippen molar-refractivity contribution in [2.75, 3.05) is 13.2 Å². The minimum absolute atomic E-state index is 0.0859. The van der Waals surface area contributed by atoms with Crippen molar-refractivity contribution in [1.82, 2.24) is 5.12 Å². The molecule has 5 nitrogen and oxygen atoms in total. The SMILES string of the molecule is CCOCC(C(=O)O)N(F)C(=O)c1ccccc1. The molecule has 0 bridgehead atoms. The standard InChI is InChI=1S/C12H14FNO4/c1-2-18-8-10(12(16)17)14(13)11(15)9-6-4-3-5-7-9/h3-7,10H,2,8H2,1H3,(H,16,17). The predicted octanol–water partition coefficient (Wildman–Crippen LogP) is 1.50. The van der Waals surface area contributed by atoms with Gasteiger partial charge in [0.1, 0.15) is 0 Å². The number of nitrogens with zero attached hydrogens (tertiary/aromatic N) is 1.